The van der Waals surface area contributed by atoms with Crippen LogP contribution in [0.1, 0.15) is 23.3 Å². The predicted octanol–water partition coefficient (Wildman–Crippen LogP) is 4.15. The van der Waals surface area contributed by atoms with Crippen molar-refractivity contribution in [1.82, 2.24) is 40.7 Å². The number of allylic oxidation sites excluding steroid dienone is 1. The largest absolute Gasteiger partial charge is 0.386 e. The van der Waals surface area contributed by atoms with E-state index >= 15 is 0 Å². The molecule has 6 N–H and O–H groups in total. The van der Waals surface area contributed by atoms with Gasteiger partial charge in [-0.3, -0.25) is 9.89 Å². The SMILES string of the molecule is CN1CCC(N/C=C(\C=N)NC(=O)c2cc3ccc(-c4nccc(Nc5ccc6[nH]ncc6c5)n4)cc3[nH]2)CC1. The van der Waals surface area contributed by atoms with Crippen LogP contribution >= 0.6 is 0 Å². The van der Waals surface area contributed by atoms with Gasteiger partial charge in [0, 0.05) is 52.2 Å². The molecule has 2 aromatic carbocycles. The number of nitrogens with one attached hydrogen (secondary N) is 6. The zero-order chi connectivity index (χ0) is 27.5. The zero-order valence-corrected chi connectivity index (χ0v) is 22.0. The van der Waals surface area contributed by atoms with Gasteiger partial charge in [0.2, 0.25) is 0 Å². The molecule has 0 aliphatic carbocycles. The number of amides is 1. The number of likely N-dealkylation sites (tertiary alicyclic amines) is 1. The third kappa shape index (κ3) is 5.54. The Hall–Kier alpha value is -5.03. The Morgan fingerprint density at radius 1 is 1.07 bits per heavy atom. The molecule has 0 bridgehead atoms. The second kappa shape index (κ2) is 11.0. The summed E-state index contributed by atoms with van der Waals surface area (Å²) in [7, 11) is 2.12. The summed E-state index contributed by atoms with van der Waals surface area (Å²) in [5.74, 6) is 0.917. The van der Waals surface area contributed by atoms with Crippen LogP contribution in [0.2, 0.25) is 0 Å². The number of anilines is 2. The molecule has 11 nitrogen and oxygen atoms in total. The standard InChI is InChI=1S/C29H30N10O/c1-39-10-7-21(8-11-39)32-17-23(15-30)35-29(40)26-13-18-2-3-19(14-25(18)36-26)28-31-9-6-27(37-28)34-22-4-5-24-20(12-22)16-33-38-24/h2-6,9,12-17,21,30,32,36H,7-8,10-11H2,1H3,(H,33,38)(H,35,40)(H,31,34,37)/b23-17+,30-15?. The summed E-state index contributed by atoms with van der Waals surface area (Å²) >= 11 is 0. The van der Waals surface area contributed by atoms with E-state index in [9.17, 15) is 4.79 Å². The molecule has 0 spiro atoms. The molecule has 40 heavy (non-hydrogen) atoms. The van der Waals surface area contributed by atoms with Gasteiger partial charge in [-0.1, -0.05) is 12.1 Å². The van der Waals surface area contributed by atoms with Gasteiger partial charge in [0.1, 0.15) is 11.5 Å². The molecule has 11 heteroatoms. The minimum atomic E-state index is -0.310. The highest BCUT2D eigenvalue weighted by atomic mass is 16.1. The summed E-state index contributed by atoms with van der Waals surface area (Å²) in [5.41, 5.74) is 4.29. The van der Waals surface area contributed by atoms with E-state index in [0.29, 0.717) is 29.1 Å². The fourth-order valence-electron chi connectivity index (χ4n) is 4.82. The van der Waals surface area contributed by atoms with Gasteiger partial charge < -0.3 is 31.2 Å². The number of nitrogens with zero attached hydrogens (tertiary/aromatic N) is 4. The maximum atomic E-state index is 13.0. The first-order chi connectivity index (χ1) is 19.5. The van der Waals surface area contributed by atoms with Crippen molar-refractivity contribution in [3.8, 4) is 11.4 Å². The molecular weight excluding hydrogens is 504 g/mol. The van der Waals surface area contributed by atoms with Gasteiger partial charge >= 0.3 is 0 Å². The number of rotatable bonds is 8. The van der Waals surface area contributed by atoms with Crippen molar-refractivity contribution < 1.29 is 4.79 Å². The smallest absolute Gasteiger partial charge is 0.272 e. The summed E-state index contributed by atoms with van der Waals surface area (Å²) in [6.45, 7) is 2.06. The van der Waals surface area contributed by atoms with Gasteiger partial charge in [0.25, 0.3) is 5.91 Å². The molecule has 1 aliphatic rings. The Kier molecular flexibility index (Phi) is 6.94. The minimum Gasteiger partial charge on any atom is -0.386 e. The Morgan fingerprint density at radius 2 is 1.95 bits per heavy atom. The van der Waals surface area contributed by atoms with Crippen LogP contribution < -0.4 is 16.0 Å². The van der Waals surface area contributed by atoms with Crippen LogP contribution in [0.3, 0.4) is 0 Å². The Balaban J connectivity index is 1.15. The van der Waals surface area contributed by atoms with Crippen molar-refractivity contribution in [3.63, 3.8) is 0 Å². The highest BCUT2D eigenvalue weighted by Crippen LogP contribution is 2.25. The molecule has 0 radical (unpaired) electrons. The lowest BCUT2D eigenvalue weighted by molar-refractivity contribution is 0.0963. The average molecular weight is 535 g/mol. The number of carbonyl (C=O) groups excluding carboxylic acids is 1. The van der Waals surface area contributed by atoms with Crippen molar-refractivity contribution in [2.45, 2.75) is 18.9 Å². The molecule has 0 atom stereocenters. The fraction of sp³-hybridized carbons (Fsp3) is 0.207. The summed E-state index contributed by atoms with van der Waals surface area (Å²) < 4.78 is 0. The first-order valence-electron chi connectivity index (χ1n) is 13.2. The maximum absolute atomic E-state index is 13.0. The van der Waals surface area contributed by atoms with E-state index in [0.717, 1.165) is 65.2 Å². The molecule has 1 saturated heterocycles. The lowest BCUT2D eigenvalue weighted by Crippen LogP contribution is -2.39. The minimum absolute atomic E-state index is 0.310. The van der Waals surface area contributed by atoms with Crippen molar-refractivity contribution >= 4 is 45.4 Å². The molecule has 4 heterocycles. The third-order valence-corrected chi connectivity index (χ3v) is 7.10. The van der Waals surface area contributed by atoms with Gasteiger partial charge in [0.05, 0.1) is 17.4 Å². The second-order valence-electron chi connectivity index (χ2n) is 9.99. The van der Waals surface area contributed by atoms with Crippen LogP contribution in [0.5, 0.6) is 0 Å². The van der Waals surface area contributed by atoms with Crippen molar-refractivity contribution in [3.05, 3.63) is 78.5 Å². The van der Waals surface area contributed by atoms with Crippen LogP contribution in [-0.4, -0.2) is 68.4 Å². The number of aromatic nitrogens is 5. The van der Waals surface area contributed by atoms with Gasteiger partial charge in [0.15, 0.2) is 5.82 Å². The van der Waals surface area contributed by atoms with E-state index < -0.39 is 0 Å². The molecule has 202 valence electrons. The van der Waals surface area contributed by atoms with Gasteiger partial charge in [-0.25, -0.2) is 9.97 Å². The molecule has 0 saturated carbocycles. The Bertz CT molecular complexity index is 1710. The number of benzene rings is 2. The molecule has 1 amide bonds. The number of hydrogen-bond acceptors (Lipinski definition) is 8. The normalized spacial score (nSPS) is 14.9. The van der Waals surface area contributed by atoms with Crippen LogP contribution in [0.4, 0.5) is 11.5 Å². The third-order valence-electron chi connectivity index (χ3n) is 7.10. The molecular formula is C29H30N10O. The number of fused-ring (bicyclic) bond motifs is 2. The number of H-pyrrole nitrogens is 2. The molecule has 0 unspecified atom stereocenters. The van der Waals surface area contributed by atoms with E-state index in [4.69, 9.17) is 5.41 Å². The van der Waals surface area contributed by atoms with Crippen LogP contribution in [-0.2, 0) is 0 Å². The second-order valence-corrected chi connectivity index (χ2v) is 9.99. The van der Waals surface area contributed by atoms with Crippen LogP contribution in [0.25, 0.3) is 33.2 Å². The molecule has 3 aromatic heterocycles. The van der Waals surface area contributed by atoms with Crippen LogP contribution in [0.15, 0.2) is 72.8 Å². The summed E-state index contributed by atoms with van der Waals surface area (Å²) in [5, 5.41) is 26.1. The molecule has 6 rings (SSSR count). The lowest BCUT2D eigenvalue weighted by atomic mass is 10.1. The number of aromatic amines is 2. The lowest BCUT2D eigenvalue weighted by Gasteiger charge is -2.29. The van der Waals surface area contributed by atoms with Crippen molar-refractivity contribution in [2.75, 3.05) is 25.5 Å². The highest BCUT2D eigenvalue weighted by Gasteiger charge is 2.16. The number of piperidine rings is 1. The summed E-state index contributed by atoms with van der Waals surface area (Å²) in [6, 6.07) is 15.7. The molecule has 1 fully saturated rings. The van der Waals surface area contributed by atoms with Crippen molar-refractivity contribution in [2.24, 2.45) is 0 Å². The highest BCUT2D eigenvalue weighted by molar-refractivity contribution is 6.01. The van der Waals surface area contributed by atoms with E-state index in [2.05, 4.69) is 53.0 Å². The van der Waals surface area contributed by atoms with E-state index in [-0.39, 0.29) is 5.91 Å². The predicted molar refractivity (Wildman–Crippen MR) is 157 cm³/mol. The first kappa shape index (κ1) is 25.3. The van der Waals surface area contributed by atoms with E-state index in [1.165, 1.54) is 0 Å². The van der Waals surface area contributed by atoms with E-state index in [1.54, 1.807) is 24.7 Å². The monoisotopic (exact) mass is 534 g/mol. The Labute approximate surface area is 230 Å². The van der Waals surface area contributed by atoms with Gasteiger partial charge in [-0.05, 0) is 69.4 Å². The van der Waals surface area contributed by atoms with Gasteiger partial charge in [-0.15, -0.1) is 0 Å². The first-order valence-corrected chi connectivity index (χ1v) is 13.2. The van der Waals surface area contributed by atoms with Crippen LogP contribution in [0, 0.1) is 5.41 Å². The summed E-state index contributed by atoms with van der Waals surface area (Å²) in [4.78, 5) is 27.6. The maximum Gasteiger partial charge on any atom is 0.272 e. The quantitative estimate of drug-likeness (QED) is 0.164. The average Bonchev–Trinajstić information content (AvgIpc) is 3.62. The number of carbonyl (C=O) groups is 1. The molecule has 5 aromatic rings. The van der Waals surface area contributed by atoms with E-state index in [1.807, 2.05) is 42.5 Å². The zero-order valence-electron chi connectivity index (χ0n) is 22.0. The fourth-order valence-corrected chi connectivity index (χ4v) is 4.82. The summed E-state index contributed by atoms with van der Waals surface area (Å²) in [6.07, 6.45) is 8.41. The molecule has 1 aliphatic heterocycles. The van der Waals surface area contributed by atoms with Gasteiger partial charge in [-0.2, -0.15) is 5.10 Å². The van der Waals surface area contributed by atoms with Crippen molar-refractivity contribution in [1.29, 1.82) is 5.41 Å². The topological polar surface area (TPSA) is 150 Å². The number of hydrogen-bond donors (Lipinski definition) is 6. The Morgan fingerprint density at radius 3 is 2.80 bits per heavy atom.